The van der Waals surface area contributed by atoms with Gasteiger partial charge in [-0.1, -0.05) is 0 Å². The minimum atomic E-state index is -4.44. The number of alkyl halides is 3. The molecule has 11 heteroatoms. The van der Waals surface area contributed by atoms with Gasteiger partial charge in [0.15, 0.2) is 0 Å². The second kappa shape index (κ2) is 6.59. The predicted molar refractivity (Wildman–Crippen MR) is 76.3 cm³/mol. The molecule has 1 unspecified atom stereocenters. The van der Waals surface area contributed by atoms with Crippen molar-refractivity contribution in [3.63, 3.8) is 0 Å². The zero-order valence-electron chi connectivity index (χ0n) is 12.3. The molecule has 0 saturated carbocycles. The van der Waals surface area contributed by atoms with Crippen molar-refractivity contribution >= 4 is 15.8 Å². The van der Waals surface area contributed by atoms with Crippen LogP contribution in [0, 0.1) is 0 Å². The zero-order chi connectivity index (χ0) is 17.3. The van der Waals surface area contributed by atoms with Gasteiger partial charge in [-0.3, -0.25) is 0 Å². The first-order valence-electron chi connectivity index (χ1n) is 6.83. The van der Waals surface area contributed by atoms with E-state index in [4.69, 9.17) is 5.21 Å². The number of hydroxylamine groups is 1. The molecule has 1 aliphatic heterocycles. The Labute approximate surface area is 131 Å². The molecular weight excluding hydrogens is 337 g/mol. The predicted octanol–water partition coefficient (Wildman–Crippen LogP) is 0.877. The first-order chi connectivity index (χ1) is 10.7. The van der Waals surface area contributed by atoms with Gasteiger partial charge in [0, 0.05) is 32.4 Å². The number of pyridine rings is 1. The lowest BCUT2D eigenvalue weighted by molar-refractivity contribution is -0.137. The number of rotatable bonds is 4. The molecule has 1 atom stereocenters. The number of nitrogens with zero attached hydrogens (tertiary/aromatic N) is 3. The van der Waals surface area contributed by atoms with E-state index in [1.807, 2.05) is 0 Å². The van der Waals surface area contributed by atoms with Crippen molar-refractivity contribution in [1.29, 1.82) is 0 Å². The molecule has 2 rings (SSSR count). The van der Waals surface area contributed by atoms with Crippen molar-refractivity contribution in [1.82, 2.24) is 14.8 Å². The molecule has 1 fully saturated rings. The van der Waals surface area contributed by atoms with E-state index in [2.05, 4.69) is 4.98 Å². The van der Waals surface area contributed by atoms with E-state index >= 15 is 0 Å². The molecular formula is C12H17F3N4O3S. The lowest BCUT2D eigenvalue weighted by Crippen LogP contribution is -2.52. The molecule has 1 saturated heterocycles. The maximum Gasteiger partial charge on any atom is 0.417 e. The lowest BCUT2D eigenvalue weighted by atomic mass is 10.2. The SMILES string of the molecule is CC(NO)S(=O)(=O)N1CCN(c2ccc(C(F)(F)F)cn2)CC1. The second-order valence-electron chi connectivity index (χ2n) is 5.11. The molecule has 1 aromatic rings. The van der Waals surface area contributed by atoms with Gasteiger partial charge in [-0.2, -0.15) is 23.0 Å². The minimum absolute atomic E-state index is 0.164. The number of hydrogen-bond donors (Lipinski definition) is 2. The smallest absolute Gasteiger partial charge is 0.354 e. The standard InChI is InChI=1S/C12H17F3N4O3S/c1-9(17-20)23(21,22)19-6-4-18(5-7-19)11-3-2-10(8-16-11)12(13,14)15/h2-3,8-9,17,20H,4-7H2,1H3. The Morgan fingerprint density at radius 3 is 2.30 bits per heavy atom. The Morgan fingerprint density at radius 1 is 1.26 bits per heavy atom. The summed E-state index contributed by atoms with van der Waals surface area (Å²) in [5.41, 5.74) is 0.875. The van der Waals surface area contributed by atoms with Crippen molar-refractivity contribution in [2.24, 2.45) is 0 Å². The molecule has 2 heterocycles. The van der Waals surface area contributed by atoms with Crippen molar-refractivity contribution in [3.05, 3.63) is 23.9 Å². The Balaban J connectivity index is 2.02. The van der Waals surface area contributed by atoms with Crippen LogP contribution in [0.5, 0.6) is 0 Å². The van der Waals surface area contributed by atoms with Gasteiger partial charge in [-0.25, -0.2) is 13.4 Å². The summed E-state index contributed by atoms with van der Waals surface area (Å²) < 4.78 is 62.8. The van der Waals surface area contributed by atoms with E-state index in [9.17, 15) is 21.6 Å². The van der Waals surface area contributed by atoms with Crippen LogP contribution in [-0.4, -0.2) is 54.5 Å². The van der Waals surface area contributed by atoms with Gasteiger partial charge in [-0.15, -0.1) is 0 Å². The summed E-state index contributed by atoms with van der Waals surface area (Å²) >= 11 is 0. The summed E-state index contributed by atoms with van der Waals surface area (Å²) in [6.45, 7) is 2.25. The van der Waals surface area contributed by atoms with Crippen molar-refractivity contribution < 1.29 is 26.8 Å². The number of nitrogens with one attached hydrogen (secondary N) is 1. The maximum atomic E-state index is 12.5. The number of sulfonamides is 1. The maximum absolute atomic E-state index is 12.5. The normalized spacial score (nSPS) is 18.9. The third kappa shape index (κ3) is 3.91. The first-order valence-corrected chi connectivity index (χ1v) is 8.33. The topological polar surface area (TPSA) is 85.8 Å². The average Bonchev–Trinajstić information content (AvgIpc) is 2.53. The quantitative estimate of drug-likeness (QED) is 0.781. The monoisotopic (exact) mass is 354 g/mol. The van der Waals surface area contributed by atoms with Crippen LogP contribution in [0.2, 0.25) is 0 Å². The number of aromatic nitrogens is 1. The van der Waals surface area contributed by atoms with Gasteiger partial charge in [0.1, 0.15) is 11.2 Å². The average molecular weight is 354 g/mol. The number of piperazine rings is 1. The molecule has 7 nitrogen and oxygen atoms in total. The van der Waals surface area contributed by atoms with Gasteiger partial charge >= 0.3 is 6.18 Å². The molecule has 130 valence electrons. The van der Waals surface area contributed by atoms with Crippen molar-refractivity contribution in [3.8, 4) is 0 Å². The van der Waals surface area contributed by atoms with Crippen molar-refractivity contribution in [2.45, 2.75) is 18.5 Å². The molecule has 0 radical (unpaired) electrons. The van der Waals surface area contributed by atoms with Crippen LogP contribution in [0.1, 0.15) is 12.5 Å². The summed E-state index contributed by atoms with van der Waals surface area (Å²) in [6, 6.07) is 2.22. The molecule has 0 amide bonds. The Bertz CT molecular complexity index is 628. The molecule has 0 aromatic carbocycles. The Kier molecular flexibility index (Phi) is 5.14. The summed E-state index contributed by atoms with van der Waals surface area (Å²) in [4.78, 5) is 5.50. The summed E-state index contributed by atoms with van der Waals surface area (Å²) in [5.74, 6) is 0.364. The number of anilines is 1. The fourth-order valence-corrected chi connectivity index (χ4v) is 3.46. The van der Waals surface area contributed by atoms with E-state index < -0.39 is 27.1 Å². The zero-order valence-corrected chi connectivity index (χ0v) is 13.1. The highest BCUT2D eigenvalue weighted by atomic mass is 32.2. The van der Waals surface area contributed by atoms with Crippen LogP contribution < -0.4 is 10.4 Å². The molecule has 23 heavy (non-hydrogen) atoms. The van der Waals surface area contributed by atoms with E-state index in [0.29, 0.717) is 18.9 Å². The number of halogens is 3. The van der Waals surface area contributed by atoms with E-state index in [1.165, 1.54) is 17.3 Å². The first kappa shape index (κ1) is 17.9. The summed E-state index contributed by atoms with van der Waals surface area (Å²) in [7, 11) is -3.67. The third-order valence-electron chi connectivity index (χ3n) is 3.63. The van der Waals surface area contributed by atoms with Gasteiger partial charge in [-0.05, 0) is 19.1 Å². The highest BCUT2D eigenvalue weighted by Gasteiger charge is 2.33. The summed E-state index contributed by atoms with van der Waals surface area (Å²) in [5, 5.41) is 7.63. The third-order valence-corrected chi connectivity index (χ3v) is 5.71. The van der Waals surface area contributed by atoms with Crippen LogP contribution in [0.15, 0.2) is 18.3 Å². The molecule has 0 bridgehead atoms. The largest absolute Gasteiger partial charge is 0.417 e. The molecule has 1 aliphatic rings. The highest BCUT2D eigenvalue weighted by molar-refractivity contribution is 7.89. The summed E-state index contributed by atoms with van der Waals surface area (Å²) in [6.07, 6.45) is -3.68. The van der Waals surface area contributed by atoms with Gasteiger partial charge < -0.3 is 10.1 Å². The molecule has 0 spiro atoms. The van der Waals surface area contributed by atoms with Gasteiger partial charge in [0.05, 0.1) is 5.56 Å². The van der Waals surface area contributed by atoms with Gasteiger partial charge in [0.25, 0.3) is 0 Å². The minimum Gasteiger partial charge on any atom is -0.354 e. The van der Waals surface area contributed by atoms with E-state index in [0.717, 1.165) is 12.3 Å². The fraction of sp³-hybridized carbons (Fsp3) is 0.583. The molecule has 1 aromatic heterocycles. The van der Waals surface area contributed by atoms with Crippen LogP contribution in [-0.2, 0) is 16.2 Å². The van der Waals surface area contributed by atoms with Crippen LogP contribution in [0.25, 0.3) is 0 Å². The van der Waals surface area contributed by atoms with Crippen LogP contribution in [0.3, 0.4) is 0 Å². The highest BCUT2D eigenvalue weighted by Crippen LogP contribution is 2.29. The lowest BCUT2D eigenvalue weighted by Gasteiger charge is -2.35. The molecule has 2 N–H and O–H groups in total. The fourth-order valence-electron chi connectivity index (χ4n) is 2.20. The second-order valence-corrected chi connectivity index (χ2v) is 7.36. The van der Waals surface area contributed by atoms with E-state index in [1.54, 1.807) is 10.4 Å². The Hall–Kier alpha value is -1.43. The number of hydrogen-bond acceptors (Lipinski definition) is 6. The molecule has 0 aliphatic carbocycles. The Morgan fingerprint density at radius 2 is 1.87 bits per heavy atom. The van der Waals surface area contributed by atoms with Crippen molar-refractivity contribution in [2.75, 3.05) is 31.1 Å². The van der Waals surface area contributed by atoms with Crippen LogP contribution in [0.4, 0.5) is 19.0 Å². The van der Waals surface area contributed by atoms with E-state index in [-0.39, 0.29) is 13.1 Å². The van der Waals surface area contributed by atoms with Crippen LogP contribution >= 0.6 is 0 Å². The van der Waals surface area contributed by atoms with Gasteiger partial charge in [0.2, 0.25) is 10.0 Å².